The van der Waals surface area contributed by atoms with E-state index in [9.17, 15) is 23.8 Å². The third-order valence-corrected chi connectivity index (χ3v) is 9.76. The maximum atomic E-state index is 12.6. The van der Waals surface area contributed by atoms with Crippen LogP contribution in [-0.4, -0.2) is 59.9 Å². The first-order chi connectivity index (χ1) is 26.6. The lowest BCUT2D eigenvalue weighted by Gasteiger charge is -2.20. The molecule has 0 rings (SSSR count). The molecule has 0 aromatic heterocycles. The Labute approximate surface area is 333 Å². The van der Waals surface area contributed by atoms with E-state index in [1.165, 1.54) is 70.6 Å². The van der Waals surface area contributed by atoms with Crippen LogP contribution in [0.1, 0.15) is 174 Å². The number of hydrogen-bond donors (Lipinski definition) is 3. The highest BCUT2D eigenvalue weighted by atomic mass is 31.2. The highest BCUT2D eigenvalue weighted by molar-refractivity contribution is 7.47. The third kappa shape index (κ3) is 38.1. The maximum Gasteiger partial charge on any atom is 0.472 e. The van der Waals surface area contributed by atoms with Crippen LogP contribution in [0, 0.1) is 0 Å². The number of aliphatic carboxylic acids is 1. The minimum absolute atomic E-state index is 0.124. The number of unbranched alkanes of at least 4 members (excludes halogenated alkanes) is 17. The zero-order valence-electron chi connectivity index (χ0n) is 34.3. The van der Waals surface area contributed by atoms with Crippen molar-refractivity contribution in [1.29, 1.82) is 0 Å². The molecule has 4 N–H and O–H groups in total. The van der Waals surface area contributed by atoms with Crippen molar-refractivity contribution in [3.63, 3.8) is 0 Å². The van der Waals surface area contributed by atoms with Gasteiger partial charge in [-0.1, -0.05) is 140 Å². The first-order valence-corrected chi connectivity index (χ1v) is 22.7. The molecule has 0 saturated carbocycles. The monoisotopic (exact) mass is 798 g/mol. The van der Waals surface area contributed by atoms with Gasteiger partial charge in [0.25, 0.3) is 0 Å². The number of esters is 2. The van der Waals surface area contributed by atoms with Crippen molar-refractivity contribution in [1.82, 2.24) is 0 Å². The number of carbonyl (C=O) groups is 3. The van der Waals surface area contributed by atoms with Crippen LogP contribution < -0.4 is 5.73 Å². The summed E-state index contributed by atoms with van der Waals surface area (Å²) in [6.45, 7) is 2.64. The number of nitrogens with two attached hydrogens (primary N) is 1. The fraction of sp³-hybridized carbons (Fsp3) is 0.744. The normalized spacial score (nSPS) is 14.3. The Kier molecular flexibility index (Phi) is 36.5. The second-order valence-corrected chi connectivity index (χ2v) is 15.5. The predicted molar refractivity (Wildman–Crippen MR) is 222 cm³/mol. The Bertz CT molecular complexity index is 1120. The Balaban J connectivity index is 4.39. The predicted octanol–water partition coefficient (Wildman–Crippen LogP) is 11.0. The van der Waals surface area contributed by atoms with Gasteiger partial charge in [0.1, 0.15) is 12.6 Å². The molecule has 0 aliphatic heterocycles. The van der Waals surface area contributed by atoms with E-state index in [1.807, 2.05) is 0 Å². The molecule has 0 spiro atoms. The van der Waals surface area contributed by atoms with Crippen LogP contribution in [0.5, 0.6) is 0 Å². The first-order valence-electron chi connectivity index (χ1n) is 21.2. The molecule has 0 aliphatic rings. The lowest BCUT2D eigenvalue weighted by Crippen LogP contribution is -2.34. The summed E-state index contributed by atoms with van der Waals surface area (Å²) < 4.78 is 32.6. The van der Waals surface area contributed by atoms with E-state index in [0.717, 1.165) is 64.2 Å². The second-order valence-electron chi connectivity index (χ2n) is 14.1. The smallest absolute Gasteiger partial charge is 0.472 e. The van der Waals surface area contributed by atoms with Gasteiger partial charge in [-0.2, -0.15) is 0 Å². The standard InChI is InChI=1S/C43H76NO10P/c1-3-5-7-9-11-13-15-17-18-19-20-21-23-24-26-28-30-32-34-41(45)51-36-39(37-52-55(49,50)53-38-40(44)43(47)48)54-42(46)35-33-31-29-27-25-22-16-14-12-10-8-6-4-2/h6,8,12,14,18-19,22,25,39-40H,3-5,7,9-11,13,15-17,20-21,23-24,26-38,44H2,1-2H3,(H,47,48)(H,49,50)/b8-6-,14-12-,19-18-,25-22-. The molecular formula is C43H76NO10P. The number of phosphoric acid groups is 1. The number of allylic oxidation sites excluding steroid dienone is 8. The summed E-state index contributed by atoms with van der Waals surface area (Å²) >= 11 is 0. The second kappa shape index (κ2) is 38.3. The van der Waals surface area contributed by atoms with Gasteiger partial charge in [0.05, 0.1) is 13.2 Å². The van der Waals surface area contributed by atoms with Gasteiger partial charge in [-0.15, -0.1) is 0 Å². The van der Waals surface area contributed by atoms with Gasteiger partial charge >= 0.3 is 25.7 Å². The van der Waals surface area contributed by atoms with Crippen molar-refractivity contribution in [3.05, 3.63) is 48.6 Å². The molecule has 0 aromatic rings. The Morgan fingerprint density at radius 3 is 1.56 bits per heavy atom. The minimum Gasteiger partial charge on any atom is -0.480 e. The molecule has 0 heterocycles. The molecule has 0 aliphatic carbocycles. The summed E-state index contributed by atoms with van der Waals surface area (Å²) in [6, 6.07) is -1.53. The lowest BCUT2D eigenvalue weighted by atomic mass is 10.1. The van der Waals surface area contributed by atoms with Gasteiger partial charge in [0, 0.05) is 12.8 Å². The number of ether oxygens (including phenoxy) is 2. The fourth-order valence-electron chi connectivity index (χ4n) is 5.48. The average Bonchev–Trinajstić information content (AvgIpc) is 3.16. The van der Waals surface area contributed by atoms with Gasteiger partial charge in [-0.05, 0) is 70.6 Å². The van der Waals surface area contributed by atoms with E-state index < -0.39 is 51.1 Å². The number of rotatable bonds is 39. The molecule has 0 bridgehead atoms. The van der Waals surface area contributed by atoms with E-state index in [0.29, 0.717) is 12.8 Å². The van der Waals surface area contributed by atoms with Crippen molar-refractivity contribution in [3.8, 4) is 0 Å². The van der Waals surface area contributed by atoms with Gasteiger partial charge in [0.2, 0.25) is 0 Å². The number of carbonyl (C=O) groups excluding carboxylic acids is 2. The summed E-state index contributed by atoms with van der Waals surface area (Å²) in [5.74, 6) is -2.42. The van der Waals surface area contributed by atoms with Gasteiger partial charge in [-0.25, -0.2) is 4.57 Å². The van der Waals surface area contributed by atoms with Crippen LogP contribution in [-0.2, 0) is 37.5 Å². The van der Waals surface area contributed by atoms with Crippen molar-refractivity contribution in [2.24, 2.45) is 5.73 Å². The molecule has 0 aromatic carbocycles. The van der Waals surface area contributed by atoms with Crippen molar-refractivity contribution >= 4 is 25.7 Å². The van der Waals surface area contributed by atoms with Gasteiger partial charge in [-0.3, -0.25) is 23.4 Å². The molecule has 3 atom stereocenters. The van der Waals surface area contributed by atoms with Crippen molar-refractivity contribution in [2.45, 2.75) is 187 Å². The molecule has 0 fully saturated rings. The topological polar surface area (TPSA) is 172 Å². The molecule has 0 amide bonds. The van der Waals surface area contributed by atoms with E-state index >= 15 is 0 Å². The number of carboxylic acids is 1. The molecule has 3 unspecified atom stereocenters. The summed E-state index contributed by atoms with van der Waals surface area (Å²) in [4.78, 5) is 45.9. The quantitative estimate of drug-likeness (QED) is 0.0234. The molecule has 0 radical (unpaired) electrons. The third-order valence-electron chi connectivity index (χ3n) is 8.81. The van der Waals surface area contributed by atoms with Gasteiger partial charge < -0.3 is 25.2 Å². The maximum absolute atomic E-state index is 12.6. The van der Waals surface area contributed by atoms with Crippen LogP contribution in [0.2, 0.25) is 0 Å². The molecule has 12 heteroatoms. The lowest BCUT2D eigenvalue weighted by molar-refractivity contribution is -0.161. The SMILES string of the molecule is CC/C=C\C/C=C\C/C=C\CCCCCC(=O)OC(COC(=O)CCCCCCCCC/C=C\CCCCCCCCC)COP(=O)(O)OCC(N)C(=O)O. The average molecular weight is 798 g/mol. The molecule has 11 nitrogen and oxygen atoms in total. The molecule has 55 heavy (non-hydrogen) atoms. The van der Waals surface area contributed by atoms with Crippen LogP contribution in [0.15, 0.2) is 48.6 Å². The highest BCUT2D eigenvalue weighted by Crippen LogP contribution is 2.43. The first kappa shape index (κ1) is 52.4. The Morgan fingerprint density at radius 2 is 1.02 bits per heavy atom. The fourth-order valence-corrected chi connectivity index (χ4v) is 6.26. The zero-order chi connectivity index (χ0) is 40.7. The van der Waals surface area contributed by atoms with E-state index in [1.54, 1.807) is 0 Å². The van der Waals surface area contributed by atoms with E-state index in [-0.39, 0.29) is 19.4 Å². The Morgan fingerprint density at radius 1 is 0.582 bits per heavy atom. The van der Waals surface area contributed by atoms with Crippen molar-refractivity contribution in [2.75, 3.05) is 19.8 Å². The van der Waals surface area contributed by atoms with Crippen molar-refractivity contribution < 1.29 is 47.5 Å². The van der Waals surface area contributed by atoms with Crippen LogP contribution in [0.3, 0.4) is 0 Å². The van der Waals surface area contributed by atoms with Crippen LogP contribution in [0.4, 0.5) is 0 Å². The van der Waals surface area contributed by atoms with Crippen LogP contribution >= 0.6 is 7.82 Å². The molecule has 0 saturated heterocycles. The molecule has 318 valence electrons. The number of phosphoric ester groups is 1. The summed E-state index contributed by atoms with van der Waals surface area (Å²) in [5.41, 5.74) is 5.32. The van der Waals surface area contributed by atoms with Crippen LogP contribution in [0.25, 0.3) is 0 Å². The largest absolute Gasteiger partial charge is 0.480 e. The van der Waals surface area contributed by atoms with Gasteiger partial charge in [0.15, 0.2) is 6.10 Å². The molecular weight excluding hydrogens is 721 g/mol. The number of carboxylic acid groups (broad SMARTS) is 1. The number of hydrogen-bond acceptors (Lipinski definition) is 9. The zero-order valence-corrected chi connectivity index (χ0v) is 35.2. The summed E-state index contributed by atoms with van der Waals surface area (Å²) in [7, 11) is -4.72. The Hall–Kier alpha value is -2.56. The minimum atomic E-state index is -4.72. The van der Waals surface area contributed by atoms with E-state index in [2.05, 4.69) is 67.0 Å². The summed E-state index contributed by atoms with van der Waals surface area (Å²) in [6.07, 6.45) is 41.8. The summed E-state index contributed by atoms with van der Waals surface area (Å²) in [5, 5.41) is 8.88. The highest BCUT2D eigenvalue weighted by Gasteiger charge is 2.28. The van der Waals surface area contributed by atoms with E-state index in [4.69, 9.17) is 24.8 Å².